The fourth-order valence-electron chi connectivity index (χ4n) is 2.50. The van der Waals surface area contributed by atoms with Gasteiger partial charge in [-0.25, -0.2) is 14.8 Å². The monoisotopic (exact) mass is 364 g/mol. The number of carbonyl (C=O) groups is 1. The number of hydrogen-bond donors (Lipinski definition) is 2. The lowest BCUT2D eigenvalue weighted by atomic mass is 10.1. The van der Waals surface area contributed by atoms with Crippen molar-refractivity contribution >= 4 is 29.0 Å². The topological polar surface area (TPSA) is 102 Å². The van der Waals surface area contributed by atoms with Gasteiger partial charge in [0.2, 0.25) is 0 Å². The first-order valence-electron chi connectivity index (χ1n) is 8.46. The van der Waals surface area contributed by atoms with E-state index >= 15 is 0 Å². The van der Waals surface area contributed by atoms with E-state index in [0.717, 1.165) is 34.9 Å². The molecule has 0 saturated carbocycles. The second-order valence-electron chi connectivity index (χ2n) is 5.82. The Labute approximate surface area is 157 Å². The van der Waals surface area contributed by atoms with Crippen molar-refractivity contribution in [3.05, 3.63) is 59.7 Å². The van der Waals surface area contributed by atoms with E-state index in [2.05, 4.69) is 42.5 Å². The quantitative estimate of drug-likeness (QED) is 0.642. The number of benzene rings is 1. The van der Waals surface area contributed by atoms with Crippen LogP contribution in [0.3, 0.4) is 0 Å². The van der Waals surface area contributed by atoms with Crippen molar-refractivity contribution in [2.24, 2.45) is 0 Å². The molecule has 0 radical (unpaired) electrons. The molecular formula is C19H20N6O2. The van der Waals surface area contributed by atoms with Crippen molar-refractivity contribution in [2.45, 2.75) is 20.3 Å². The molecule has 3 aromatic rings. The molecule has 0 aliphatic rings. The zero-order chi connectivity index (χ0) is 19.2. The Kier molecular flexibility index (Phi) is 5.55. The van der Waals surface area contributed by atoms with E-state index < -0.39 is 5.97 Å². The van der Waals surface area contributed by atoms with Gasteiger partial charge < -0.3 is 15.4 Å². The molecule has 0 atom stereocenters. The summed E-state index contributed by atoms with van der Waals surface area (Å²) in [5, 5.41) is 14.4. The van der Waals surface area contributed by atoms with E-state index in [1.807, 2.05) is 31.2 Å². The van der Waals surface area contributed by atoms with E-state index in [-0.39, 0.29) is 5.69 Å². The molecule has 0 unspecified atom stereocenters. The molecule has 27 heavy (non-hydrogen) atoms. The van der Waals surface area contributed by atoms with Gasteiger partial charge in [0.15, 0.2) is 11.5 Å². The number of nitrogens with zero attached hydrogens (tertiary/aromatic N) is 4. The summed E-state index contributed by atoms with van der Waals surface area (Å²) in [7, 11) is 1.31. The van der Waals surface area contributed by atoms with Crippen molar-refractivity contribution < 1.29 is 9.53 Å². The Bertz CT molecular complexity index is 943. The maximum atomic E-state index is 11.5. The van der Waals surface area contributed by atoms with Gasteiger partial charge in [-0.05, 0) is 43.2 Å². The van der Waals surface area contributed by atoms with E-state index in [1.165, 1.54) is 13.4 Å². The van der Waals surface area contributed by atoms with Crippen LogP contribution >= 0.6 is 0 Å². The Hall–Kier alpha value is -3.55. The molecular weight excluding hydrogens is 344 g/mol. The van der Waals surface area contributed by atoms with Crippen LogP contribution < -0.4 is 10.6 Å². The molecule has 0 saturated heterocycles. The molecule has 0 aliphatic heterocycles. The van der Waals surface area contributed by atoms with Gasteiger partial charge in [0, 0.05) is 23.1 Å². The number of methoxy groups -OCH3 is 1. The van der Waals surface area contributed by atoms with Crippen molar-refractivity contribution in [1.29, 1.82) is 0 Å². The van der Waals surface area contributed by atoms with E-state index in [0.29, 0.717) is 5.82 Å². The summed E-state index contributed by atoms with van der Waals surface area (Å²) in [5.41, 5.74) is 3.95. The number of aryl methyl sites for hydroxylation is 2. The molecule has 0 spiro atoms. The predicted molar refractivity (Wildman–Crippen MR) is 103 cm³/mol. The second kappa shape index (κ2) is 8.22. The van der Waals surface area contributed by atoms with E-state index in [4.69, 9.17) is 0 Å². The van der Waals surface area contributed by atoms with Crippen LogP contribution in [0, 0.1) is 6.92 Å². The number of nitrogens with one attached hydrogen (secondary N) is 2. The van der Waals surface area contributed by atoms with Gasteiger partial charge in [-0.1, -0.05) is 13.0 Å². The van der Waals surface area contributed by atoms with Crippen LogP contribution in [0.2, 0.25) is 0 Å². The first kappa shape index (κ1) is 18.2. The molecule has 3 rings (SSSR count). The summed E-state index contributed by atoms with van der Waals surface area (Å²) in [6.45, 7) is 3.99. The molecule has 2 heterocycles. The largest absolute Gasteiger partial charge is 0.464 e. The smallest absolute Gasteiger partial charge is 0.358 e. The normalized spacial score (nSPS) is 10.3. The van der Waals surface area contributed by atoms with Crippen molar-refractivity contribution in [3.63, 3.8) is 0 Å². The second-order valence-corrected chi connectivity index (χ2v) is 5.82. The number of anilines is 4. The van der Waals surface area contributed by atoms with Gasteiger partial charge in [0.1, 0.15) is 12.1 Å². The lowest BCUT2D eigenvalue weighted by Crippen LogP contribution is -2.07. The van der Waals surface area contributed by atoms with Crippen LogP contribution in [-0.4, -0.2) is 33.2 Å². The number of rotatable bonds is 6. The van der Waals surface area contributed by atoms with Gasteiger partial charge in [0.05, 0.1) is 7.11 Å². The van der Waals surface area contributed by atoms with Crippen LogP contribution in [0.25, 0.3) is 0 Å². The average Bonchev–Trinajstić information content (AvgIpc) is 2.68. The Morgan fingerprint density at radius 3 is 2.56 bits per heavy atom. The third kappa shape index (κ3) is 4.55. The zero-order valence-electron chi connectivity index (χ0n) is 15.4. The minimum Gasteiger partial charge on any atom is -0.464 e. The number of esters is 1. The highest BCUT2D eigenvalue weighted by Crippen LogP contribution is 2.26. The molecule has 138 valence electrons. The lowest BCUT2D eigenvalue weighted by Gasteiger charge is -2.13. The summed E-state index contributed by atoms with van der Waals surface area (Å²) in [4.78, 5) is 19.8. The van der Waals surface area contributed by atoms with Gasteiger partial charge in [-0.3, -0.25) is 0 Å². The Balaban J connectivity index is 1.82. The van der Waals surface area contributed by atoms with Crippen LogP contribution in [0.15, 0.2) is 42.7 Å². The molecule has 8 nitrogen and oxygen atoms in total. The first-order chi connectivity index (χ1) is 13.1. The molecule has 2 aromatic heterocycles. The van der Waals surface area contributed by atoms with Gasteiger partial charge >= 0.3 is 5.97 Å². The summed E-state index contributed by atoms with van der Waals surface area (Å²) in [6.07, 6.45) is 2.37. The lowest BCUT2D eigenvalue weighted by molar-refractivity contribution is 0.0593. The van der Waals surface area contributed by atoms with Crippen molar-refractivity contribution in [2.75, 3.05) is 17.7 Å². The molecule has 0 amide bonds. The van der Waals surface area contributed by atoms with Crippen LogP contribution in [0.1, 0.15) is 28.7 Å². The summed E-state index contributed by atoms with van der Waals surface area (Å²) in [5.74, 6) is 0.738. The maximum Gasteiger partial charge on any atom is 0.358 e. The summed E-state index contributed by atoms with van der Waals surface area (Å²) >= 11 is 0. The number of hydrogen-bond acceptors (Lipinski definition) is 8. The third-order valence-electron chi connectivity index (χ3n) is 3.89. The SMILES string of the molecule is CCc1ccc(Nc2cc(C)ncn2)cc1Nc1ccc(C(=O)OC)nn1. The van der Waals surface area contributed by atoms with Crippen molar-refractivity contribution in [3.8, 4) is 0 Å². The average molecular weight is 364 g/mol. The number of aromatic nitrogens is 4. The minimum absolute atomic E-state index is 0.160. The number of ether oxygens (including phenoxy) is 1. The minimum atomic E-state index is -0.519. The predicted octanol–water partition coefficient (Wildman–Crippen LogP) is 3.41. The highest BCUT2D eigenvalue weighted by atomic mass is 16.5. The molecule has 0 bridgehead atoms. The van der Waals surface area contributed by atoms with Gasteiger partial charge in [-0.15, -0.1) is 10.2 Å². The Morgan fingerprint density at radius 1 is 1.04 bits per heavy atom. The molecule has 2 N–H and O–H groups in total. The molecule has 0 aliphatic carbocycles. The third-order valence-corrected chi connectivity index (χ3v) is 3.89. The van der Waals surface area contributed by atoms with Crippen molar-refractivity contribution in [1.82, 2.24) is 20.2 Å². The van der Waals surface area contributed by atoms with Crippen LogP contribution in [0.5, 0.6) is 0 Å². The fourth-order valence-corrected chi connectivity index (χ4v) is 2.50. The van der Waals surface area contributed by atoms with Gasteiger partial charge in [-0.2, -0.15) is 0 Å². The molecule has 0 fully saturated rings. The number of carbonyl (C=O) groups excluding carboxylic acids is 1. The maximum absolute atomic E-state index is 11.5. The highest BCUT2D eigenvalue weighted by Gasteiger charge is 2.09. The molecule has 8 heteroatoms. The zero-order valence-corrected chi connectivity index (χ0v) is 15.4. The van der Waals surface area contributed by atoms with Crippen LogP contribution in [0.4, 0.5) is 23.0 Å². The highest BCUT2D eigenvalue weighted by molar-refractivity contribution is 5.87. The van der Waals surface area contributed by atoms with Crippen LogP contribution in [-0.2, 0) is 11.2 Å². The van der Waals surface area contributed by atoms with Gasteiger partial charge in [0.25, 0.3) is 0 Å². The summed E-state index contributed by atoms with van der Waals surface area (Å²) in [6, 6.07) is 11.1. The van der Waals surface area contributed by atoms with E-state index in [9.17, 15) is 4.79 Å². The molecule has 1 aromatic carbocycles. The first-order valence-corrected chi connectivity index (χ1v) is 8.46. The fraction of sp³-hybridized carbons (Fsp3) is 0.211. The Morgan fingerprint density at radius 2 is 1.89 bits per heavy atom. The van der Waals surface area contributed by atoms with E-state index in [1.54, 1.807) is 12.1 Å². The standard InChI is InChI=1S/C19H20N6O2/c1-4-13-5-6-14(22-18-9-12(2)20-11-21-18)10-16(13)23-17-8-7-15(24-25-17)19(26)27-3/h5-11H,4H2,1-3H3,(H,23,25)(H,20,21,22). The summed E-state index contributed by atoms with van der Waals surface area (Å²) < 4.78 is 4.63.